The van der Waals surface area contributed by atoms with Crippen LogP contribution in [0.15, 0.2) is 47.6 Å². The van der Waals surface area contributed by atoms with Crippen molar-refractivity contribution in [1.82, 2.24) is 4.98 Å². The van der Waals surface area contributed by atoms with E-state index in [0.717, 1.165) is 30.5 Å². The van der Waals surface area contributed by atoms with E-state index in [4.69, 9.17) is 0 Å². The molecule has 0 saturated carbocycles. The third-order valence-corrected chi connectivity index (χ3v) is 5.26. The van der Waals surface area contributed by atoms with Gasteiger partial charge in [-0.15, -0.1) is 0 Å². The SMILES string of the molecule is CS(=O)(=O)c1ccc(C2=C(c3ccc(C(F)(F)F)cc3)CC(F)(F)C2)cn1. The molecule has 1 aliphatic carbocycles. The average molecular weight is 403 g/mol. The van der Waals surface area contributed by atoms with E-state index in [1.54, 1.807) is 0 Å². The van der Waals surface area contributed by atoms with Crippen LogP contribution in [0.25, 0.3) is 11.1 Å². The Labute approximate surface area is 152 Å². The Morgan fingerprint density at radius 2 is 1.44 bits per heavy atom. The highest BCUT2D eigenvalue weighted by Gasteiger charge is 2.40. The predicted molar refractivity (Wildman–Crippen MR) is 89.8 cm³/mol. The molecule has 0 unspecified atom stereocenters. The third-order valence-electron chi connectivity index (χ3n) is 4.26. The first kappa shape index (κ1) is 19.5. The molecule has 0 amide bonds. The summed E-state index contributed by atoms with van der Waals surface area (Å²) in [4.78, 5) is 3.80. The molecule has 1 aromatic carbocycles. The number of hydrogen-bond acceptors (Lipinski definition) is 3. The lowest BCUT2D eigenvalue weighted by Gasteiger charge is -2.10. The largest absolute Gasteiger partial charge is 0.416 e. The number of alkyl halides is 5. The number of nitrogens with zero attached hydrogens (tertiary/aromatic N) is 1. The fourth-order valence-electron chi connectivity index (χ4n) is 2.98. The Kier molecular flexibility index (Phi) is 4.62. The van der Waals surface area contributed by atoms with E-state index in [1.165, 1.54) is 18.3 Å². The molecule has 2 aromatic rings. The van der Waals surface area contributed by atoms with Gasteiger partial charge < -0.3 is 0 Å². The Balaban J connectivity index is 2.04. The molecule has 1 aromatic heterocycles. The fourth-order valence-corrected chi connectivity index (χ4v) is 3.54. The first-order valence-corrected chi connectivity index (χ1v) is 9.70. The van der Waals surface area contributed by atoms with Crippen molar-refractivity contribution in [3.05, 3.63) is 59.3 Å². The van der Waals surface area contributed by atoms with Gasteiger partial charge in [0, 0.05) is 25.3 Å². The summed E-state index contributed by atoms with van der Waals surface area (Å²) in [6.45, 7) is 0. The molecule has 27 heavy (non-hydrogen) atoms. The second-order valence-corrected chi connectivity index (χ2v) is 8.36. The van der Waals surface area contributed by atoms with Crippen LogP contribution < -0.4 is 0 Å². The molecule has 144 valence electrons. The van der Waals surface area contributed by atoms with Gasteiger partial charge in [-0.3, -0.25) is 0 Å². The molecule has 9 heteroatoms. The van der Waals surface area contributed by atoms with E-state index in [1.807, 2.05) is 0 Å². The van der Waals surface area contributed by atoms with Crippen molar-refractivity contribution in [3.63, 3.8) is 0 Å². The molecule has 0 fully saturated rings. The molecule has 3 nitrogen and oxygen atoms in total. The van der Waals surface area contributed by atoms with Crippen molar-refractivity contribution < 1.29 is 30.4 Å². The topological polar surface area (TPSA) is 47.0 Å². The van der Waals surface area contributed by atoms with Gasteiger partial charge in [0.05, 0.1) is 5.56 Å². The number of sulfone groups is 1. The molecule has 0 atom stereocenters. The van der Waals surface area contributed by atoms with Crippen LogP contribution in [0.5, 0.6) is 0 Å². The van der Waals surface area contributed by atoms with E-state index in [0.29, 0.717) is 5.56 Å². The number of hydrogen-bond donors (Lipinski definition) is 0. The van der Waals surface area contributed by atoms with Gasteiger partial charge in [0.15, 0.2) is 14.9 Å². The van der Waals surface area contributed by atoms with Gasteiger partial charge in [-0.1, -0.05) is 18.2 Å². The van der Waals surface area contributed by atoms with Crippen molar-refractivity contribution in [1.29, 1.82) is 0 Å². The van der Waals surface area contributed by atoms with Crippen molar-refractivity contribution in [3.8, 4) is 0 Å². The van der Waals surface area contributed by atoms with Gasteiger partial charge in [0.1, 0.15) is 0 Å². The highest BCUT2D eigenvalue weighted by atomic mass is 32.2. The van der Waals surface area contributed by atoms with Crippen molar-refractivity contribution in [2.45, 2.75) is 30.0 Å². The van der Waals surface area contributed by atoms with Gasteiger partial charge in [0.2, 0.25) is 0 Å². The minimum atomic E-state index is -4.51. The van der Waals surface area contributed by atoms with Crippen LogP contribution in [-0.2, 0) is 16.0 Å². The fraction of sp³-hybridized carbons (Fsp3) is 0.278. The van der Waals surface area contributed by atoms with Crippen molar-refractivity contribution in [2.75, 3.05) is 6.26 Å². The maximum atomic E-state index is 14.0. The first-order valence-electron chi connectivity index (χ1n) is 7.81. The van der Waals surface area contributed by atoms with Gasteiger partial charge in [-0.2, -0.15) is 13.2 Å². The number of pyridine rings is 1. The maximum absolute atomic E-state index is 14.0. The third kappa shape index (κ3) is 4.18. The number of rotatable bonds is 3. The molecule has 0 aliphatic heterocycles. The highest BCUT2D eigenvalue weighted by Crippen LogP contribution is 2.48. The summed E-state index contributed by atoms with van der Waals surface area (Å²) in [6.07, 6.45) is -3.55. The standard InChI is InChI=1S/C18H14F5NO2S/c1-27(25,26)16-7-4-12(10-24-16)15-9-17(19,20)8-14(15)11-2-5-13(6-3-11)18(21,22)23/h2-7,10H,8-9H2,1H3. The van der Waals surface area contributed by atoms with Gasteiger partial charge in [-0.25, -0.2) is 22.2 Å². The molecule has 1 aliphatic rings. The molecule has 1 heterocycles. The molecule has 0 spiro atoms. The van der Waals surface area contributed by atoms with E-state index in [2.05, 4.69) is 4.98 Å². The average Bonchev–Trinajstić information content (AvgIpc) is 2.89. The van der Waals surface area contributed by atoms with Gasteiger partial charge >= 0.3 is 6.18 Å². The van der Waals surface area contributed by atoms with Gasteiger partial charge in [-0.05, 0) is 40.5 Å². The zero-order valence-electron chi connectivity index (χ0n) is 14.0. The molecular formula is C18H14F5NO2S. The number of aromatic nitrogens is 1. The summed E-state index contributed by atoms with van der Waals surface area (Å²) >= 11 is 0. The van der Waals surface area contributed by atoms with Crippen LogP contribution in [0.3, 0.4) is 0 Å². The van der Waals surface area contributed by atoms with Gasteiger partial charge in [0.25, 0.3) is 5.92 Å². The monoisotopic (exact) mass is 403 g/mol. The number of allylic oxidation sites excluding steroid dienone is 2. The van der Waals surface area contributed by atoms with Crippen molar-refractivity contribution in [2.24, 2.45) is 0 Å². The predicted octanol–water partition coefficient (Wildman–Crippen LogP) is 4.84. The summed E-state index contributed by atoms with van der Waals surface area (Å²) in [6, 6.07) is 6.63. The van der Waals surface area contributed by atoms with Crippen LogP contribution in [0.2, 0.25) is 0 Å². The Bertz CT molecular complexity index is 992. The van der Waals surface area contributed by atoms with Crippen LogP contribution in [0.4, 0.5) is 22.0 Å². The van der Waals surface area contributed by atoms with Crippen LogP contribution in [0.1, 0.15) is 29.5 Å². The summed E-state index contributed by atoms with van der Waals surface area (Å²) in [5.74, 6) is -3.04. The minimum absolute atomic E-state index is 0.187. The lowest BCUT2D eigenvalue weighted by molar-refractivity contribution is -0.137. The summed E-state index contributed by atoms with van der Waals surface area (Å²) in [7, 11) is -3.53. The quantitative estimate of drug-likeness (QED) is 0.689. The zero-order chi connectivity index (χ0) is 20.0. The maximum Gasteiger partial charge on any atom is 0.416 e. The number of benzene rings is 1. The van der Waals surface area contributed by atoms with Crippen LogP contribution in [-0.4, -0.2) is 25.6 Å². The summed E-state index contributed by atoms with van der Waals surface area (Å²) in [5, 5.41) is -0.187. The van der Waals surface area contributed by atoms with Crippen LogP contribution in [0, 0.1) is 0 Å². The Hall–Kier alpha value is -2.29. The lowest BCUT2D eigenvalue weighted by Crippen LogP contribution is -2.10. The lowest BCUT2D eigenvalue weighted by atomic mass is 9.97. The second kappa shape index (κ2) is 6.40. The molecule has 0 saturated heterocycles. The Morgan fingerprint density at radius 1 is 0.926 bits per heavy atom. The second-order valence-electron chi connectivity index (χ2n) is 6.40. The Morgan fingerprint density at radius 3 is 1.89 bits per heavy atom. The molecule has 0 radical (unpaired) electrons. The van der Waals surface area contributed by atoms with E-state index >= 15 is 0 Å². The minimum Gasteiger partial charge on any atom is -0.244 e. The smallest absolute Gasteiger partial charge is 0.244 e. The van der Waals surface area contributed by atoms with Crippen molar-refractivity contribution >= 4 is 21.0 Å². The molecule has 3 rings (SSSR count). The molecule has 0 N–H and O–H groups in total. The zero-order valence-corrected chi connectivity index (χ0v) is 14.8. The molecule has 0 bridgehead atoms. The van der Waals surface area contributed by atoms with Crippen LogP contribution >= 0.6 is 0 Å². The van der Waals surface area contributed by atoms with E-state index < -0.39 is 40.3 Å². The first-order chi connectivity index (χ1) is 12.4. The summed E-state index contributed by atoms with van der Waals surface area (Å²) < 4.78 is 89.1. The normalized spacial score (nSPS) is 17.4. The van der Waals surface area contributed by atoms with E-state index in [-0.39, 0.29) is 21.7 Å². The highest BCUT2D eigenvalue weighted by molar-refractivity contribution is 7.90. The number of halogens is 5. The van der Waals surface area contributed by atoms with E-state index in [9.17, 15) is 30.4 Å². The summed E-state index contributed by atoms with van der Waals surface area (Å²) in [5.41, 5.74) is 0.184. The molecular weight excluding hydrogens is 389 g/mol.